The summed E-state index contributed by atoms with van der Waals surface area (Å²) in [6.45, 7) is 0.428. The minimum atomic E-state index is -0.103. The number of nitrogens with one attached hydrogen (secondary N) is 1. The smallest absolute Gasteiger partial charge is 0.322 e. The Hall–Kier alpha value is -2.04. The van der Waals surface area contributed by atoms with Crippen molar-refractivity contribution in [3.8, 4) is 5.75 Å². The average Bonchev–Trinajstić information content (AvgIpc) is 2.55. The van der Waals surface area contributed by atoms with Crippen LogP contribution in [-0.2, 0) is 0 Å². The van der Waals surface area contributed by atoms with Crippen LogP contribution in [0.4, 0.5) is 10.5 Å². The van der Waals surface area contributed by atoms with Crippen molar-refractivity contribution in [1.82, 2.24) is 5.32 Å². The molecule has 1 aromatic rings. The molecular formula is C17H22N2O3. The van der Waals surface area contributed by atoms with Crippen molar-refractivity contribution in [1.29, 1.82) is 0 Å². The van der Waals surface area contributed by atoms with Gasteiger partial charge in [0.2, 0.25) is 0 Å². The van der Waals surface area contributed by atoms with Crippen LogP contribution >= 0.6 is 0 Å². The molecule has 0 radical (unpaired) electrons. The molecule has 1 aliphatic carbocycles. The molecule has 0 aromatic heterocycles. The Morgan fingerprint density at radius 1 is 1.27 bits per heavy atom. The molecule has 1 aliphatic heterocycles. The molecule has 3 rings (SSSR count). The molecule has 0 bridgehead atoms. The normalized spacial score (nSPS) is 18.8. The van der Waals surface area contributed by atoms with Crippen LogP contribution in [0.2, 0.25) is 0 Å². The Labute approximate surface area is 130 Å². The molecule has 0 atom stereocenters. The highest BCUT2D eigenvalue weighted by Crippen LogP contribution is 2.31. The number of ether oxygens (including phenoxy) is 1. The number of nitrogens with zero attached hydrogens (tertiary/aromatic N) is 1. The van der Waals surface area contributed by atoms with E-state index in [4.69, 9.17) is 4.74 Å². The van der Waals surface area contributed by atoms with Gasteiger partial charge in [0.05, 0.1) is 12.8 Å². The van der Waals surface area contributed by atoms with E-state index in [0.29, 0.717) is 30.0 Å². The highest BCUT2D eigenvalue weighted by molar-refractivity contribution is 6.08. The molecule has 1 N–H and O–H groups in total. The van der Waals surface area contributed by atoms with E-state index in [2.05, 4.69) is 5.32 Å². The summed E-state index contributed by atoms with van der Waals surface area (Å²) in [5, 5.41) is 3.12. The van der Waals surface area contributed by atoms with Gasteiger partial charge in [-0.15, -0.1) is 0 Å². The molecule has 118 valence electrons. The summed E-state index contributed by atoms with van der Waals surface area (Å²) >= 11 is 0. The minimum absolute atomic E-state index is 0.0827. The molecule has 1 fully saturated rings. The monoisotopic (exact) mass is 302 g/mol. The second kappa shape index (κ2) is 6.38. The van der Waals surface area contributed by atoms with Gasteiger partial charge < -0.3 is 10.1 Å². The number of hydrogen-bond donors (Lipinski definition) is 1. The summed E-state index contributed by atoms with van der Waals surface area (Å²) in [4.78, 5) is 26.3. The summed E-state index contributed by atoms with van der Waals surface area (Å²) in [6.07, 6.45) is 6.07. The van der Waals surface area contributed by atoms with Crippen molar-refractivity contribution in [2.45, 2.75) is 44.6 Å². The van der Waals surface area contributed by atoms with Crippen molar-refractivity contribution in [3.05, 3.63) is 23.8 Å². The van der Waals surface area contributed by atoms with Gasteiger partial charge in [-0.1, -0.05) is 19.3 Å². The molecule has 0 unspecified atom stereocenters. The van der Waals surface area contributed by atoms with Crippen LogP contribution in [0.15, 0.2) is 18.2 Å². The maximum Gasteiger partial charge on any atom is 0.322 e. The zero-order valence-corrected chi connectivity index (χ0v) is 12.9. The third-order valence-corrected chi connectivity index (χ3v) is 4.54. The largest absolute Gasteiger partial charge is 0.497 e. The number of carbonyl (C=O) groups excluding carboxylic acids is 2. The molecule has 5 heteroatoms. The fraction of sp³-hybridized carbons (Fsp3) is 0.529. The van der Waals surface area contributed by atoms with E-state index in [1.54, 1.807) is 30.2 Å². The third-order valence-electron chi connectivity index (χ3n) is 4.54. The molecular weight excluding hydrogens is 280 g/mol. The van der Waals surface area contributed by atoms with Gasteiger partial charge in [-0.2, -0.15) is 0 Å². The van der Waals surface area contributed by atoms with Crippen LogP contribution in [0.5, 0.6) is 5.75 Å². The number of methoxy groups -OCH3 is 1. The van der Waals surface area contributed by atoms with Gasteiger partial charge in [0.25, 0.3) is 0 Å². The fourth-order valence-corrected chi connectivity index (χ4v) is 3.28. The Balaban J connectivity index is 1.81. The Morgan fingerprint density at radius 3 is 2.77 bits per heavy atom. The van der Waals surface area contributed by atoms with E-state index in [1.165, 1.54) is 19.3 Å². The first kappa shape index (κ1) is 14.9. The van der Waals surface area contributed by atoms with Crippen LogP contribution < -0.4 is 15.0 Å². The van der Waals surface area contributed by atoms with Gasteiger partial charge in [0, 0.05) is 30.6 Å². The summed E-state index contributed by atoms with van der Waals surface area (Å²) in [5.74, 6) is 0.739. The van der Waals surface area contributed by atoms with Crippen LogP contribution in [0.25, 0.3) is 0 Å². The number of anilines is 1. The molecule has 1 saturated carbocycles. The van der Waals surface area contributed by atoms with Gasteiger partial charge in [-0.3, -0.25) is 9.69 Å². The predicted molar refractivity (Wildman–Crippen MR) is 84.7 cm³/mol. The molecule has 2 amide bonds. The summed E-state index contributed by atoms with van der Waals surface area (Å²) in [5.41, 5.74) is 1.26. The average molecular weight is 302 g/mol. The predicted octanol–water partition coefficient (Wildman–Crippen LogP) is 3.13. The number of benzene rings is 1. The van der Waals surface area contributed by atoms with Crippen molar-refractivity contribution in [2.75, 3.05) is 18.6 Å². The first-order valence-electron chi connectivity index (χ1n) is 7.98. The van der Waals surface area contributed by atoms with Crippen LogP contribution in [0.3, 0.4) is 0 Å². The third kappa shape index (κ3) is 2.93. The van der Waals surface area contributed by atoms with Gasteiger partial charge in [0.1, 0.15) is 5.75 Å². The van der Waals surface area contributed by atoms with E-state index >= 15 is 0 Å². The Bertz CT molecular complexity index is 579. The summed E-state index contributed by atoms with van der Waals surface area (Å²) in [7, 11) is 1.58. The first-order chi connectivity index (χ1) is 10.7. The standard InChI is InChI=1S/C17H22N2O3/c1-22-13-7-8-14-15(11-13)19(10-9-16(14)20)17(21)18-12-5-3-2-4-6-12/h7-8,11-12H,2-6,9-10H2,1H3,(H,18,21). The topological polar surface area (TPSA) is 58.6 Å². The second-order valence-corrected chi connectivity index (χ2v) is 5.99. The van der Waals surface area contributed by atoms with Gasteiger partial charge in [0.15, 0.2) is 5.78 Å². The molecule has 2 aliphatic rings. The number of amides is 2. The lowest BCUT2D eigenvalue weighted by Gasteiger charge is -2.32. The van der Waals surface area contributed by atoms with E-state index in [0.717, 1.165) is 12.8 Å². The lowest BCUT2D eigenvalue weighted by Crippen LogP contribution is -2.48. The molecule has 0 saturated heterocycles. The number of rotatable bonds is 2. The zero-order valence-electron chi connectivity index (χ0n) is 12.9. The zero-order chi connectivity index (χ0) is 15.5. The van der Waals surface area contributed by atoms with E-state index in [1.807, 2.05) is 0 Å². The summed E-state index contributed by atoms with van der Waals surface area (Å²) in [6, 6.07) is 5.43. The van der Waals surface area contributed by atoms with Crippen molar-refractivity contribution < 1.29 is 14.3 Å². The molecule has 1 aromatic carbocycles. The molecule has 0 spiro atoms. The highest BCUT2D eigenvalue weighted by atomic mass is 16.5. The fourth-order valence-electron chi connectivity index (χ4n) is 3.28. The van der Waals surface area contributed by atoms with Crippen molar-refractivity contribution >= 4 is 17.5 Å². The van der Waals surface area contributed by atoms with Crippen LogP contribution in [-0.4, -0.2) is 31.5 Å². The van der Waals surface area contributed by atoms with Crippen LogP contribution in [0, 0.1) is 0 Å². The quantitative estimate of drug-likeness (QED) is 0.913. The number of Topliss-reactive ketones (excluding diaryl/α,β-unsaturated/α-hetero) is 1. The molecule has 1 heterocycles. The lowest BCUT2D eigenvalue weighted by atomic mass is 9.95. The van der Waals surface area contributed by atoms with E-state index in [9.17, 15) is 9.59 Å². The van der Waals surface area contributed by atoms with Gasteiger partial charge in [-0.05, 0) is 25.0 Å². The minimum Gasteiger partial charge on any atom is -0.497 e. The maximum absolute atomic E-state index is 12.6. The molecule has 5 nitrogen and oxygen atoms in total. The Kier molecular flexibility index (Phi) is 4.32. The number of ketones is 1. The van der Waals surface area contributed by atoms with E-state index in [-0.39, 0.29) is 17.9 Å². The van der Waals surface area contributed by atoms with Crippen molar-refractivity contribution in [2.24, 2.45) is 0 Å². The first-order valence-corrected chi connectivity index (χ1v) is 7.98. The van der Waals surface area contributed by atoms with Gasteiger partial charge >= 0.3 is 6.03 Å². The number of urea groups is 1. The highest BCUT2D eigenvalue weighted by Gasteiger charge is 2.29. The lowest BCUT2D eigenvalue weighted by molar-refractivity contribution is 0.0981. The van der Waals surface area contributed by atoms with Crippen molar-refractivity contribution in [3.63, 3.8) is 0 Å². The molecule has 22 heavy (non-hydrogen) atoms. The second-order valence-electron chi connectivity index (χ2n) is 5.99. The van der Waals surface area contributed by atoms with Crippen LogP contribution in [0.1, 0.15) is 48.9 Å². The van der Waals surface area contributed by atoms with E-state index < -0.39 is 0 Å². The van der Waals surface area contributed by atoms with Gasteiger partial charge in [-0.25, -0.2) is 4.79 Å². The summed E-state index contributed by atoms with van der Waals surface area (Å²) < 4.78 is 5.22. The Morgan fingerprint density at radius 2 is 2.05 bits per heavy atom. The number of carbonyl (C=O) groups is 2. The number of hydrogen-bond acceptors (Lipinski definition) is 3. The number of fused-ring (bicyclic) bond motifs is 1. The maximum atomic E-state index is 12.6. The SMILES string of the molecule is COc1ccc2c(c1)N(C(=O)NC1CCCCC1)CCC2=O.